The molecule has 0 aliphatic heterocycles. The fourth-order valence-electron chi connectivity index (χ4n) is 3.86. The molecule has 0 saturated heterocycles. The highest BCUT2D eigenvalue weighted by molar-refractivity contribution is 5.83. The Hall–Kier alpha value is -3.85. The molecule has 5 aromatic rings. The van der Waals surface area contributed by atoms with E-state index in [0.29, 0.717) is 6.61 Å². The van der Waals surface area contributed by atoms with Gasteiger partial charge in [0.1, 0.15) is 11.6 Å². The van der Waals surface area contributed by atoms with Gasteiger partial charge in [-0.2, -0.15) is 0 Å². The predicted octanol–water partition coefficient (Wildman–Crippen LogP) is 6.83. The van der Waals surface area contributed by atoms with Crippen molar-refractivity contribution >= 4 is 34.0 Å². The van der Waals surface area contributed by atoms with Gasteiger partial charge in [-0.1, -0.05) is 78.9 Å². The molecule has 3 heteroatoms. The number of hydrogen-bond acceptors (Lipinski definition) is 2. The molecule has 5 rings (SSSR count). The molecule has 1 aromatic heterocycles. The van der Waals surface area contributed by atoms with Crippen LogP contribution in [0.2, 0.25) is 0 Å². The maximum Gasteiger partial charge on any atom is 0.133 e. The van der Waals surface area contributed by atoms with Crippen LogP contribution < -0.4 is 4.74 Å². The zero-order chi connectivity index (χ0) is 20.9. The van der Waals surface area contributed by atoms with Gasteiger partial charge in [0.25, 0.3) is 0 Å². The number of rotatable bonds is 7. The molecule has 152 valence electrons. The van der Waals surface area contributed by atoms with Crippen LogP contribution in [0.4, 0.5) is 0 Å². The van der Waals surface area contributed by atoms with Crippen LogP contribution in [-0.2, 0) is 6.54 Å². The number of hydrogen-bond donors (Lipinski definition) is 0. The zero-order valence-corrected chi connectivity index (χ0v) is 17.3. The number of imidazole rings is 1. The van der Waals surface area contributed by atoms with Crippen molar-refractivity contribution in [2.45, 2.75) is 13.0 Å². The maximum absolute atomic E-state index is 6.04. The van der Waals surface area contributed by atoms with Crippen molar-refractivity contribution in [3.8, 4) is 5.75 Å². The third-order valence-electron chi connectivity index (χ3n) is 5.42. The van der Waals surface area contributed by atoms with Crippen LogP contribution >= 0.6 is 0 Å². The Morgan fingerprint density at radius 3 is 2.42 bits per heavy atom. The van der Waals surface area contributed by atoms with Crippen LogP contribution in [0.3, 0.4) is 0 Å². The fourth-order valence-corrected chi connectivity index (χ4v) is 3.86. The van der Waals surface area contributed by atoms with Gasteiger partial charge in [-0.25, -0.2) is 4.98 Å². The van der Waals surface area contributed by atoms with Gasteiger partial charge >= 0.3 is 0 Å². The van der Waals surface area contributed by atoms with Gasteiger partial charge in [0, 0.05) is 6.54 Å². The molecule has 0 atom stereocenters. The maximum atomic E-state index is 6.04. The van der Waals surface area contributed by atoms with Crippen molar-refractivity contribution < 1.29 is 4.74 Å². The van der Waals surface area contributed by atoms with Crippen LogP contribution in [0.5, 0.6) is 5.75 Å². The van der Waals surface area contributed by atoms with E-state index >= 15 is 0 Å². The van der Waals surface area contributed by atoms with Crippen LogP contribution in [0.1, 0.15) is 17.8 Å². The van der Waals surface area contributed by atoms with E-state index in [4.69, 9.17) is 9.72 Å². The minimum absolute atomic E-state index is 0.659. The number of para-hydroxylation sites is 2. The topological polar surface area (TPSA) is 27.1 Å². The summed E-state index contributed by atoms with van der Waals surface area (Å²) in [6.07, 6.45) is 5.11. The zero-order valence-electron chi connectivity index (χ0n) is 17.3. The normalized spacial score (nSPS) is 11.5. The molecular weight excluding hydrogens is 380 g/mol. The molecule has 0 aliphatic carbocycles. The highest BCUT2D eigenvalue weighted by Gasteiger charge is 2.08. The van der Waals surface area contributed by atoms with Crippen LogP contribution in [0.15, 0.2) is 97.1 Å². The Labute approximate surface area is 182 Å². The molecule has 3 nitrogen and oxygen atoms in total. The lowest BCUT2D eigenvalue weighted by Gasteiger charge is -2.10. The van der Waals surface area contributed by atoms with Crippen molar-refractivity contribution in [2.75, 3.05) is 6.61 Å². The Kier molecular flexibility index (Phi) is 5.48. The molecule has 0 aliphatic rings. The minimum atomic E-state index is 0.659. The smallest absolute Gasteiger partial charge is 0.133 e. The average molecular weight is 405 g/mol. The van der Waals surface area contributed by atoms with E-state index < -0.39 is 0 Å². The first kappa shape index (κ1) is 19.1. The number of nitrogens with zero attached hydrogens (tertiary/aromatic N) is 2. The number of fused-ring (bicyclic) bond motifs is 2. The van der Waals surface area contributed by atoms with Crippen LogP contribution in [-0.4, -0.2) is 16.2 Å². The number of aryl methyl sites for hydroxylation is 1. The van der Waals surface area contributed by atoms with E-state index in [1.54, 1.807) is 0 Å². The summed E-state index contributed by atoms with van der Waals surface area (Å²) in [6.45, 7) is 1.51. The molecule has 0 unspecified atom stereocenters. The van der Waals surface area contributed by atoms with Crippen molar-refractivity contribution in [2.24, 2.45) is 0 Å². The molecule has 1 heterocycles. The summed E-state index contributed by atoms with van der Waals surface area (Å²) in [4.78, 5) is 4.83. The monoisotopic (exact) mass is 404 g/mol. The fraction of sp³-hybridized carbons (Fsp3) is 0.107. The Morgan fingerprint density at radius 1 is 0.742 bits per heavy atom. The van der Waals surface area contributed by atoms with Gasteiger partial charge in [-0.05, 0) is 53.1 Å². The Bertz CT molecular complexity index is 1340. The highest BCUT2D eigenvalue weighted by atomic mass is 16.5. The van der Waals surface area contributed by atoms with Gasteiger partial charge in [-0.15, -0.1) is 0 Å². The lowest BCUT2D eigenvalue weighted by Crippen LogP contribution is -2.06. The summed E-state index contributed by atoms with van der Waals surface area (Å²) >= 11 is 0. The van der Waals surface area contributed by atoms with Gasteiger partial charge in [-0.3, -0.25) is 0 Å². The number of ether oxygens (including phenoxy) is 1. The first-order chi connectivity index (χ1) is 15.4. The molecule has 4 aromatic carbocycles. The largest absolute Gasteiger partial charge is 0.494 e. The second-order valence-corrected chi connectivity index (χ2v) is 7.57. The molecule has 0 saturated carbocycles. The molecule has 0 bridgehead atoms. The summed E-state index contributed by atoms with van der Waals surface area (Å²) in [5.41, 5.74) is 3.34. The lowest BCUT2D eigenvalue weighted by atomic mass is 10.1. The average Bonchev–Trinajstić information content (AvgIpc) is 3.18. The van der Waals surface area contributed by atoms with Crippen molar-refractivity contribution in [1.82, 2.24) is 9.55 Å². The summed E-state index contributed by atoms with van der Waals surface area (Å²) in [5.74, 6) is 1.88. The van der Waals surface area contributed by atoms with Gasteiger partial charge in [0.2, 0.25) is 0 Å². The molecule has 0 radical (unpaired) electrons. The van der Waals surface area contributed by atoms with Crippen molar-refractivity contribution in [3.05, 3.63) is 108 Å². The summed E-state index contributed by atoms with van der Waals surface area (Å²) in [6, 6.07) is 33.2. The van der Waals surface area contributed by atoms with Gasteiger partial charge in [0.15, 0.2) is 0 Å². The van der Waals surface area contributed by atoms with E-state index in [2.05, 4.69) is 83.4 Å². The van der Waals surface area contributed by atoms with Crippen molar-refractivity contribution in [3.63, 3.8) is 0 Å². The van der Waals surface area contributed by atoms with Crippen LogP contribution in [0, 0.1) is 0 Å². The van der Waals surface area contributed by atoms with E-state index in [9.17, 15) is 0 Å². The third-order valence-corrected chi connectivity index (χ3v) is 5.42. The minimum Gasteiger partial charge on any atom is -0.494 e. The molecular formula is C28H24N2O. The number of benzene rings is 4. The van der Waals surface area contributed by atoms with Gasteiger partial charge in [0.05, 0.1) is 17.6 Å². The van der Waals surface area contributed by atoms with E-state index in [1.807, 2.05) is 30.3 Å². The summed E-state index contributed by atoms with van der Waals surface area (Å²) in [7, 11) is 0. The predicted molar refractivity (Wildman–Crippen MR) is 129 cm³/mol. The number of aromatic nitrogens is 2. The lowest BCUT2D eigenvalue weighted by molar-refractivity contribution is 0.303. The molecule has 31 heavy (non-hydrogen) atoms. The second-order valence-electron chi connectivity index (χ2n) is 7.57. The first-order valence-electron chi connectivity index (χ1n) is 10.7. The molecule has 0 N–H and O–H groups in total. The van der Waals surface area contributed by atoms with Gasteiger partial charge < -0.3 is 9.30 Å². The van der Waals surface area contributed by atoms with Crippen LogP contribution in [0.25, 0.3) is 34.0 Å². The Morgan fingerprint density at radius 2 is 1.52 bits per heavy atom. The second kappa shape index (κ2) is 8.88. The van der Waals surface area contributed by atoms with E-state index in [1.165, 1.54) is 16.3 Å². The Balaban J connectivity index is 1.30. The molecule has 0 fully saturated rings. The third kappa shape index (κ3) is 4.36. The standard InChI is InChI=1S/C28H24N2O/c1-2-9-22(10-3-1)15-18-28-29-26-13-6-7-14-27(26)30(28)19-8-20-31-25-17-16-23-11-4-5-12-24(23)21-25/h1-7,9-18,21H,8,19-20H2/b18-15+. The quantitative estimate of drug-likeness (QED) is 0.278. The van der Waals surface area contributed by atoms with E-state index in [0.717, 1.165) is 35.6 Å². The van der Waals surface area contributed by atoms with E-state index in [-0.39, 0.29) is 0 Å². The molecule has 0 amide bonds. The molecule has 0 spiro atoms. The first-order valence-corrected chi connectivity index (χ1v) is 10.7. The summed E-state index contributed by atoms with van der Waals surface area (Å²) < 4.78 is 8.32. The highest BCUT2D eigenvalue weighted by Crippen LogP contribution is 2.22. The van der Waals surface area contributed by atoms with Crippen molar-refractivity contribution in [1.29, 1.82) is 0 Å². The summed E-state index contributed by atoms with van der Waals surface area (Å²) in [5, 5.41) is 2.43. The SMILES string of the molecule is C(=C\c1nc2ccccc2n1CCCOc1ccc2ccccc2c1)/c1ccccc1.